The van der Waals surface area contributed by atoms with Crippen LogP contribution >= 0.6 is 0 Å². The molecule has 0 aliphatic heterocycles. The average molecular weight is 331 g/mol. The summed E-state index contributed by atoms with van der Waals surface area (Å²) in [6, 6.07) is 16.1. The summed E-state index contributed by atoms with van der Waals surface area (Å²) in [5, 5.41) is 8.38. The van der Waals surface area contributed by atoms with Gasteiger partial charge in [-0.2, -0.15) is 10.2 Å². The highest BCUT2D eigenvalue weighted by atomic mass is 16.5. The second-order valence-electron chi connectivity index (χ2n) is 5.61. The molecule has 124 valence electrons. The molecule has 0 aliphatic rings. The van der Waals surface area contributed by atoms with Crippen molar-refractivity contribution >= 4 is 17.3 Å². The molecule has 5 heteroatoms. The summed E-state index contributed by atoms with van der Waals surface area (Å²) in [7, 11) is 0. The van der Waals surface area contributed by atoms with Gasteiger partial charge >= 0.3 is 5.97 Å². The molecular formula is C20H17N3O2. The summed E-state index contributed by atoms with van der Waals surface area (Å²) >= 11 is 0. The molecule has 0 N–H and O–H groups in total. The molecule has 1 heterocycles. The van der Waals surface area contributed by atoms with Gasteiger partial charge in [0.15, 0.2) is 0 Å². The number of esters is 1. The van der Waals surface area contributed by atoms with Gasteiger partial charge in [0.1, 0.15) is 5.75 Å². The monoisotopic (exact) mass is 331 g/mol. The Kier molecular flexibility index (Phi) is 4.95. The SMILES string of the molecule is Cc1ccc(C(=O)Oc2ccc(N=Nc3ccncc3)c(C)c2)cc1. The van der Waals surface area contributed by atoms with Gasteiger partial charge in [-0.05, 0) is 61.9 Å². The predicted molar refractivity (Wildman–Crippen MR) is 95.7 cm³/mol. The molecule has 0 saturated heterocycles. The van der Waals surface area contributed by atoms with E-state index in [1.54, 1.807) is 54.9 Å². The molecule has 3 rings (SSSR count). The molecule has 3 aromatic rings. The Morgan fingerprint density at radius 3 is 2.32 bits per heavy atom. The molecule has 0 atom stereocenters. The van der Waals surface area contributed by atoms with Crippen LogP contribution in [-0.2, 0) is 0 Å². The van der Waals surface area contributed by atoms with Crippen molar-refractivity contribution in [2.45, 2.75) is 13.8 Å². The standard InChI is InChI=1S/C20H17N3O2/c1-14-3-5-16(6-4-14)20(24)25-18-7-8-19(15(2)13-18)23-22-17-9-11-21-12-10-17/h3-13H,1-2H3. The van der Waals surface area contributed by atoms with Crippen LogP contribution in [0.5, 0.6) is 5.75 Å². The number of rotatable bonds is 4. The Morgan fingerprint density at radius 2 is 1.64 bits per heavy atom. The third-order valence-electron chi connectivity index (χ3n) is 3.60. The number of aromatic nitrogens is 1. The fourth-order valence-electron chi connectivity index (χ4n) is 2.18. The summed E-state index contributed by atoms with van der Waals surface area (Å²) in [6.45, 7) is 3.86. The van der Waals surface area contributed by atoms with E-state index in [4.69, 9.17) is 4.74 Å². The number of benzene rings is 2. The number of pyridine rings is 1. The summed E-state index contributed by atoms with van der Waals surface area (Å²) < 4.78 is 5.42. The van der Waals surface area contributed by atoms with Crippen molar-refractivity contribution in [1.29, 1.82) is 0 Å². The summed E-state index contributed by atoms with van der Waals surface area (Å²) in [5.74, 6) is 0.0940. The van der Waals surface area contributed by atoms with Gasteiger partial charge in [-0.3, -0.25) is 4.98 Å². The number of hydrogen-bond acceptors (Lipinski definition) is 5. The molecule has 25 heavy (non-hydrogen) atoms. The van der Waals surface area contributed by atoms with Crippen LogP contribution in [0.3, 0.4) is 0 Å². The molecule has 2 aromatic carbocycles. The molecule has 0 spiro atoms. The smallest absolute Gasteiger partial charge is 0.343 e. The van der Waals surface area contributed by atoms with Crippen LogP contribution in [-0.4, -0.2) is 11.0 Å². The Bertz CT molecular complexity index is 904. The first kappa shape index (κ1) is 16.5. The number of hydrogen-bond donors (Lipinski definition) is 0. The second kappa shape index (κ2) is 7.49. The van der Waals surface area contributed by atoms with Crippen molar-refractivity contribution in [2.24, 2.45) is 10.2 Å². The molecule has 0 bridgehead atoms. The first-order valence-electron chi connectivity index (χ1n) is 7.83. The number of ether oxygens (including phenoxy) is 1. The largest absolute Gasteiger partial charge is 0.423 e. The average Bonchev–Trinajstić information content (AvgIpc) is 2.62. The quantitative estimate of drug-likeness (QED) is 0.368. The van der Waals surface area contributed by atoms with Crippen LogP contribution in [0.2, 0.25) is 0 Å². The van der Waals surface area contributed by atoms with Crippen molar-refractivity contribution in [1.82, 2.24) is 4.98 Å². The predicted octanol–water partition coefficient (Wildman–Crippen LogP) is 5.33. The van der Waals surface area contributed by atoms with E-state index in [9.17, 15) is 4.79 Å². The molecule has 5 nitrogen and oxygen atoms in total. The first-order valence-corrected chi connectivity index (χ1v) is 7.83. The zero-order valence-electron chi connectivity index (χ0n) is 14.0. The lowest BCUT2D eigenvalue weighted by atomic mass is 10.1. The highest BCUT2D eigenvalue weighted by Gasteiger charge is 2.09. The zero-order chi connectivity index (χ0) is 17.6. The lowest BCUT2D eigenvalue weighted by Gasteiger charge is -2.06. The Labute approximate surface area is 146 Å². The maximum atomic E-state index is 12.2. The molecule has 0 amide bonds. The second-order valence-corrected chi connectivity index (χ2v) is 5.61. The van der Waals surface area contributed by atoms with Crippen molar-refractivity contribution in [3.8, 4) is 5.75 Å². The number of aryl methyl sites for hydroxylation is 2. The Hall–Kier alpha value is -3.34. The van der Waals surface area contributed by atoms with E-state index in [0.29, 0.717) is 17.0 Å². The zero-order valence-corrected chi connectivity index (χ0v) is 14.0. The van der Waals surface area contributed by atoms with Crippen molar-refractivity contribution < 1.29 is 9.53 Å². The van der Waals surface area contributed by atoms with Gasteiger partial charge in [-0.1, -0.05) is 17.7 Å². The first-order chi connectivity index (χ1) is 12.1. The van der Waals surface area contributed by atoms with Gasteiger partial charge in [-0.15, -0.1) is 0 Å². The minimum atomic E-state index is -0.384. The van der Waals surface area contributed by atoms with Crippen LogP contribution in [0, 0.1) is 13.8 Å². The van der Waals surface area contributed by atoms with E-state index in [0.717, 1.165) is 16.8 Å². The van der Waals surface area contributed by atoms with E-state index < -0.39 is 0 Å². The number of nitrogens with zero attached hydrogens (tertiary/aromatic N) is 3. The fraction of sp³-hybridized carbons (Fsp3) is 0.100. The van der Waals surface area contributed by atoms with Gasteiger partial charge in [-0.25, -0.2) is 4.79 Å². The summed E-state index contributed by atoms with van der Waals surface area (Å²) in [4.78, 5) is 16.1. The lowest BCUT2D eigenvalue weighted by molar-refractivity contribution is 0.0734. The van der Waals surface area contributed by atoms with Gasteiger partial charge in [0.05, 0.1) is 16.9 Å². The van der Waals surface area contributed by atoms with E-state index >= 15 is 0 Å². The van der Waals surface area contributed by atoms with Crippen LogP contribution in [0.25, 0.3) is 0 Å². The molecule has 0 fully saturated rings. The minimum absolute atomic E-state index is 0.384. The third-order valence-corrected chi connectivity index (χ3v) is 3.60. The maximum absolute atomic E-state index is 12.2. The van der Waals surface area contributed by atoms with E-state index in [1.807, 2.05) is 26.0 Å². The topological polar surface area (TPSA) is 63.9 Å². The lowest BCUT2D eigenvalue weighted by Crippen LogP contribution is -2.08. The van der Waals surface area contributed by atoms with Gasteiger partial charge < -0.3 is 4.74 Å². The summed E-state index contributed by atoms with van der Waals surface area (Å²) in [6.07, 6.45) is 3.32. The Balaban J connectivity index is 1.72. The van der Waals surface area contributed by atoms with Crippen LogP contribution in [0.15, 0.2) is 77.2 Å². The van der Waals surface area contributed by atoms with Gasteiger partial charge in [0, 0.05) is 12.4 Å². The highest BCUT2D eigenvalue weighted by Crippen LogP contribution is 2.26. The molecule has 0 unspecified atom stereocenters. The van der Waals surface area contributed by atoms with Crippen LogP contribution in [0.1, 0.15) is 21.5 Å². The Morgan fingerprint density at radius 1 is 0.920 bits per heavy atom. The summed E-state index contributed by atoms with van der Waals surface area (Å²) in [5.41, 5.74) is 3.92. The number of azo groups is 1. The normalized spacial score (nSPS) is 10.8. The fourth-order valence-corrected chi connectivity index (χ4v) is 2.18. The van der Waals surface area contributed by atoms with Crippen LogP contribution < -0.4 is 4.74 Å². The number of carbonyl (C=O) groups excluding carboxylic acids is 1. The van der Waals surface area contributed by atoms with Crippen molar-refractivity contribution in [3.63, 3.8) is 0 Å². The van der Waals surface area contributed by atoms with Crippen molar-refractivity contribution in [3.05, 3.63) is 83.7 Å². The van der Waals surface area contributed by atoms with E-state index in [-0.39, 0.29) is 5.97 Å². The van der Waals surface area contributed by atoms with Crippen molar-refractivity contribution in [2.75, 3.05) is 0 Å². The van der Waals surface area contributed by atoms with E-state index in [1.165, 1.54) is 0 Å². The highest BCUT2D eigenvalue weighted by molar-refractivity contribution is 5.91. The maximum Gasteiger partial charge on any atom is 0.343 e. The molecule has 0 saturated carbocycles. The van der Waals surface area contributed by atoms with Gasteiger partial charge in [0.25, 0.3) is 0 Å². The number of carbonyl (C=O) groups is 1. The van der Waals surface area contributed by atoms with E-state index in [2.05, 4.69) is 15.2 Å². The van der Waals surface area contributed by atoms with Crippen LogP contribution in [0.4, 0.5) is 11.4 Å². The molecular weight excluding hydrogens is 314 g/mol. The molecule has 1 aromatic heterocycles. The third kappa shape index (κ3) is 4.35. The van der Waals surface area contributed by atoms with Gasteiger partial charge in [0.2, 0.25) is 0 Å². The minimum Gasteiger partial charge on any atom is -0.423 e. The molecule has 0 radical (unpaired) electrons. The molecule has 0 aliphatic carbocycles.